The van der Waals surface area contributed by atoms with Crippen LogP contribution in [0.4, 0.5) is 0 Å². The Balaban J connectivity index is 1.82. The molecule has 0 fully saturated rings. The van der Waals surface area contributed by atoms with Gasteiger partial charge >= 0.3 is 0 Å². The number of benzene rings is 2. The zero-order valence-electron chi connectivity index (χ0n) is 12.7. The molecule has 0 amide bonds. The molecule has 2 aliphatic rings. The van der Waals surface area contributed by atoms with Crippen molar-refractivity contribution in [2.75, 3.05) is 0 Å². The van der Waals surface area contributed by atoms with E-state index in [1.165, 1.54) is 18.3 Å². The molecule has 0 N–H and O–H groups in total. The van der Waals surface area contributed by atoms with E-state index in [1.807, 2.05) is 0 Å². The van der Waals surface area contributed by atoms with Gasteiger partial charge in [0.1, 0.15) is 23.7 Å². The minimum atomic E-state index is 0.224. The minimum absolute atomic E-state index is 0.224. The summed E-state index contributed by atoms with van der Waals surface area (Å²) in [6.07, 6.45) is 5.63. The van der Waals surface area contributed by atoms with Gasteiger partial charge in [0, 0.05) is 12.8 Å². The number of fused-ring (bicyclic) bond motifs is 6. The average molecular weight is 532 g/mol. The van der Waals surface area contributed by atoms with Crippen LogP contribution in [0, 0.1) is 7.14 Å². The van der Waals surface area contributed by atoms with Crippen LogP contribution >= 0.6 is 45.2 Å². The van der Waals surface area contributed by atoms with Crippen LogP contribution in [0.5, 0.6) is 11.5 Å². The summed E-state index contributed by atoms with van der Waals surface area (Å²) in [6, 6.07) is 12.9. The molecule has 2 bridgehead atoms. The van der Waals surface area contributed by atoms with E-state index < -0.39 is 0 Å². The summed E-state index contributed by atoms with van der Waals surface area (Å²) in [5.41, 5.74) is 2.56. The lowest BCUT2D eigenvalue weighted by molar-refractivity contribution is 0.186. The molecule has 2 heterocycles. The Morgan fingerprint density at radius 3 is 1.70 bits per heavy atom. The largest absolute Gasteiger partial charge is 0.489 e. The molecule has 0 radical (unpaired) electrons. The molecule has 2 aliphatic heterocycles. The molecule has 2 atom stereocenters. The van der Waals surface area contributed by atoms with Crippen LogP contribution in [0.25, 0.3) is 0 Å². The van der Waals surface area contributed by atoms with Gasteiger partial charge in [-0.25, -0.2) is 0 Å². The Morgan fingerprint density at radius 1 is 0.739 bits per heavy atom. The maximum absolute atomic E-state index is 6.50. The predicted octanol–water partition coefficient (Wildman–Crippen LogP) is 5.37. The average Bonchev–Trinajstić information content (AvgIpc) is 2.66. The van der Waals surface area contributed by atoms with Crippen molar-refractivity contribution < 1.29 is 9.47 Å². The van der Waals surface area contributed by atoms with E-state index in [4.69, 9.17) is 9.47 Å². The third-order valence-electron chi connectivity index (χ3n) is 4.61. The summed E-state index contributed by atoms with van der Waals surface area (Å²) in [7, 11) is 0. The van der Waals surface area contributed by atoms with Crippen LogP contribution in [0.3, 0.4) is 0 Å². The van der Waals surface area contributed by atoms with Crippen LogP contribution < -0.4 is 9.47 Å². The van der Waals surface area contributed by atoms with Crippen molar-refractivity contribution >= 4 is 45.2 Å². The highest BCUT2D eigenvalue weighted by atomic mass is 127. The summed E-state index contributed by atoms with van der Waals surface area (Å²) in [4.78, 5) is 0. The molecule has 4 heteroatoms. The number of para-hydroxylation sites is 2. The first kappa shape index (κ1) is 16.0. The summed E-state index contributed by atoms with van der Waals surface area (Å²) in [5.74, 6) is 2.14. The molecule has 0 saturated heterocycles. The summed E-state index contributed by atoms with van der Waals surface area (Å²) in [6.45, 7) is 0. The Hall–Kier alpha value is -0.500. The number of hydrogen-bond donors (Lipinski definition) is 0. The Bertz CT molecular complexity index is 668. The molecule has 0 spiro atoms. The van der Waals surface area contributed by atoms with Crippen molar-refractivity contribution in [2.45, 2.75) is 44.3 Å². The lowest BCUT2D eigenvalue weighted by Gasteiger charge is -2.25. The molecule has 2 aromatic carbocycles. The van der Waals surface area contributed by atoms with Crippen molar-refractivity contribution in [1.29, 1.82) is 0 Å². The van der Waals surface area contributed by atoms with E-state index in [0.29, 0.717) is 0 Å². The van der Waals surface area contributed by atoms with Crippen molar-refractivity contribution in [3.8, 4) is 11.5 Å². The topological polar surface area (TPSA) is 18.5 Å². The predicted molar refractivity (Wildman–Crippen MR) is 108 cm³/mol. The van der Waals surface area contributed by atoms with Crippen molar-refractivity contribution in [3.63, 3.8) is 0 Å². The minimum Gasteiger partial charge on any atom is -0.489 e. The fourth-order valence-electron chi connectivity index (χ4n) is 3.49. The van der Waals surface area contributed by atoms with Crippen molar-refractivity contribution in [3.05, 3.63) is 54.7 Å². The zero-order valence-corrected chi connectivity index (χ0v) is 17.0. The second kappa shape index (κ2) is 6.78. The molecule has 2 aromatic rings. The van der Waals surface area contributed by atoms with Gasteiger partial charge in [0.05, 0.1) is 7.14 Å². The smallest absolute Gasteiger partial charge is 0.136 e. The van der Waals surface area contributed by atoms with Crippen LogP contribution in [0.15, 0.2) is 36.4 Å². The number of ether oxygens (including phenoxy) is 2. The molecule has 0 saturated carbocycles. The first-order chi connectivity index (χ1) is 11.2. The van der Waals surface area contributed by atoms with Gasteiger partial charge < -0.3 is 9.47 Å². The third kappa shape index (κ3) is 3.34. The van der Waals surface area contributed by atoms with Crippen LogP contribution in [-0.2, 0) is 12.8 Å². The van der Waals surface area contributed by atoms with E-state index in [9.17, 15) is 0 Å². The molecule has 0 unspecified atom stereocenters. The third-order valence-corrected chi connectivity index (χ3v) is 6.31. The summed E-state index contributed by atoms with van der Waals surface area (Å²) < 4.78 is 15.4. The maximum atomic E-state index is 6.50. The number of halogens is 2. The first-order valence-corrected chi connectivity index (χ1v) is 10.2. The highest BCUT2D eigenvalue weighted by Gasteiger charge is 2.27. The fraction of sp³-hybridized carbons (Fsp3) is 0.368. The van der Waals surface area contributed by atoms with Gasteiger partial charge in [-0.2, -0.15) is 0 Å². The van der Waals surface area contributed by atoms with Gasteiger partial charge in [0.25, 0.3) is 0 Å². The quantitative estimate of drug-likeness (QED) is 0.425. The Labute approximate surface area is 164 Å². The number of rotatable bonds is 0. The van der Waals surface area contributed by atoms with Gasteiger partial charge in [-0.15, -0.1) is 0 Å². The van der Waals surface area contributed by atoms with E-state index >= 15 is 0 Å². The van der Waals surface area contributed by atoms with Gasteiger partial charge in [0.15, 0.2) is 0 Å². The molecule has 2 nitrogen and oxygen atoms in total. The normalized spacial score (nSPS) is 23.0. The molecule has 120 valence electrons. The molecule has 0 aromatic heterocycles. The van der Waals surface area contributed by atoms with E-state index in [1.54, 1.807) is 0 Å². The van der Waals surface area contributed by atoms with E-state index in [-0.39, 0.29) is 12.2 Å². The first-order valence-electron chi connectivity index (χ1n) is 8.09. The monoisotopic (exact) mass is 532 g/mol. The second-order valence-corrected chi connectivity index (χ2v) is 8.60. The molecular weight excluding hydrogens is 514 g/mol. The van der Waals surface area contributed by atoms with Gasteiger partial charge in [-0.3, -0.25) is 0 Å². The highest BCUT2D eigenvalue weighted by molar-refractivity contribution is 14.1. The Kier molecular flexibility index (Phi) is 4.72. The molecule has 0 aliphatic carbocycles. The molecule has 23 heavy (non-hydrogen) atoms. The lowest BCUT2D eigenvalue weighted by Crippen LogP contribution is -2.23. The van der Waals surface area contributed by atoms with E-state index in [2.05, 4.69) is 81.6 Å². The SMILES string of the molecule is Ic1cccc2c1O[C@@H]1CCC[C@H](C2)Oc2c(I)cccc2C1. The van der Waals surface area contributed by atoms with Crippen LogP contribution in [-0.4, -0.2) is 12.2 Å². The summed E-state index contributed by atoms with van der Waals surface area (Å²) >= 11 is 4.78. The van der Waals surface area contributed by atoms with Crippen molar-refractivity contribution in [2.24, 2.45) is 0 Å². The van der Waals surface area contributed by atoms with E-state index in [0.717, 1.165) is 43.6 Å². The van der Waals surface area contributed by atoms with Gasteiger partial charge in [-0.1, -0.05) is 24.3 Å². The number of hydrogen-bond acceptors (Lipinski definition) is 2. The maximum Gasteiger partial charge on any atom is 0.136 e. The van der Waals surface area contributed by atoms with Crippen LogP contribution in [0.1, 0.15) is 30.4 Å². The zero-order chi connectivity index (χ0) is 15.8. The highest BCUT2D eigenvalue weighted by Crippen LogP contribution is 2.37. The molecule has 4 rings (SSSR count). The fourth-order valence-corrected chi connectivity index (χ4v) is 4.86. The Morgan fingerprint density at radius 2 is 1.22 bits per heavy atom. The standard InChI is InChI=1S/C19H18I2O2/c20-16-8-1-4-12-10-14-6-3-7-15(22-18(12)16)11-13-5-2-9-17(21)19(13)23-14/h1-2,4-5,8-9,14-15H,3,6-7,10-11H2/t14-,15-/m1/s1. The summed E-state index contributed by atoms with van der Waals surface area (Å²) in [5, 5.41) is 0. The van der Waals surface area contributed by atoms with Gasteiger partial charge in [-0.05, 0) is 87.7 Å². The lowest BCUT2D eigenvalue weighted by atomic mass is 10.0. The van der Waals surface area contributed by atoms with Gasteiger partial charge in [0.2, 0.25) is 0 Å². The van der Waals surface area contributed by atoms with Crippen molar-refractivity contribution in [1.82, 2.24) is 0 Å². The van der Waals surface area contributed by atoms with Crippen LogP contribution in [0.2, 0.25) is 0 Å². The second-order valence-electron chi connectivity index (χ2n) is 6.28. The molecular formula is C19H18I2O2.